The van der Waals surface area contributed by atoms with Gasteiger partial charge in [-0.15, -0.1) is 0 Å². The van der Waals surface area contributed by atoms with Crippen LogP contribution in [0.15, 0.2) is 12.1 Å². The van der Waals surface area contributed by atoms with Crippen LogP contribution in [0.4, 0.5) is 13.2 Å². The highest BCUT2D eigenvalue weighted by molar-refractivity contribution is 5.39. The molecule has 0 aliphatic heterocycles. The summed E-state index contributed by atoms with van der Waals surface area (Å²) in [7, 11) is 2.95. The van der Waals surface area contributed by atoms with Crippen LogP contribution in [0.2, 0.25) is 0 Å². The zero-order valence-electron chi connectivity index (χ0n) is 8.48. The highest BCUT2D eigenvalue weighted by Crippen LogP contribution is 2.29. The highest BCUT2D eigenvalue weighted by atomic mass is 19.3. The van der Waals surface area contributed by atoms with E-state index >= 15 is 0 Å². The quantitative estimate of drug-likeness (QED) is 0.840. The molecule has 0 heterocycles. The lowest BCUT2D eigenvalue weighted by molar-refractivity contribution is 0.150. The Kier molecular flexibility index (Phi) is 3.96. The monoisotopic (exact) mass is 219 g/mol. The van der Waals surface area contributed by atoms with E-state index in [4.69, 9.17) is 4.74 Å². The standard InChI is InChI=1S/C10H12F3NO/c1-14-5-7-3-6(10(12)13)4-8(11)9(7)15-2/h3-4,10,14H,5H2,1-2H3. The molecule has 1 N–H and O–H groups in total. The smallest absolute Gasteiger partial charge is 0.263 e. The third kappa shape index (κ3) is 2.62. The summed E-state index contributed by atoms with van der Waals surface area (Å²) in [5.41, 5.74) is 0.0499. The van der Waals surface area contributed by atoms with E-state index in [0.29, 0.717) is 5.56 Å². The lowest BCUT2D eigenvalue weighted by Crippen LogP contribution is -2.08. The molecule has 15 heavy (non-hydrogen) atoms. The molecule has 84 valence electrons. The molecule has 0 aromatic heterocycles. The van der Waals surface area contributed by atoms with Gasteiger partial charge in [0.15, 0.2) is 11.6 Å². The SMILES string of the molecule is CNCc1cc(C(F)F)cc(F)c1OC. The van der Waals surface area contributed by atoms with E-state index < -0.39 is 12.2 Å². The van der Waals surface area contributed by atoms with Crippen LogP contribution in [-0.4, -0.2) is 14.2 Å². The summed E-state index contributed by atoms with van der Waals surface area (Å²) in [4.78, 5) is 0. The number of hydrogen-bond donors (Lipinski definition) is 1. The number of ether oxygens (including phenoxy) is 1. The second-order valence-electron chi connectivity index (χ2n) is 3.03. The van der Waals surface area contributed by atoms with Crippen molar-refractivity contribution in [2.24, 2.45) is 0 Å². The molecule has 0 aliphatic rings. The maximum Gasteiger partial charge on any atom is 0.263 e. The first-order valence-corrected chi connectivity index (χ1v) is 4.39. The molecule has 1 rings (SSSR count). The number of hydrogen-bond acceptors (Lipinski definition) is 2. The van der Waals surface area contributed by atoms with Crippen LogP contribution in [0.5, 0.6) is 5.75 Å². The molecule has 0 saturated carbocycles. The zero-order valence-corrected chi connectivity index (χ0v) is 8.48. The van der Waals surface area contributed by atoms with Crippen LogP contribution in [0.3, 0.4) is 0 Å². The van der Waals surface area contributed by atoms with Crippen molar-refractivity contribution in [3.63, 3.8) is 0 Å². The number of nitrogens with one attached hydrogen (secondary N) is 1. The molecule has 2 nitrogen and oxygen atoms in total. The molecule has 0 amide bonds. The van der Waals surface area contributed by atoms with Gasteiger partial charge in [0.2, 0.25) is 0 Å². The van der Waals surface area contributed by atoms with Gasteiger partial charge in [-0.25, -0.2) is 13.2 Å². The molecule has 1 aromatic rings. The Morgan fingerprint density at radius 3 is 2.53 bits per heavy atom. The number of halogens is 3. The fraction of sp³-hybridized carbons (Fsp3) is 0.400. The van der Waals surface area contributed by atoms with Crippen molar-refractivity contribution >= 4 is 0 Å². The average Bonchev–Trinajstić information content (AvgIpc) is 2.17. The maximum atomic E-state index is 13.3. The van der Waals surface area contributed by atoms with Gasteiger partial charge >= 0.3 is 0 Å². The summed E-state index contributed by atoms with van der Waals surface area (Å²) in [5.74, 6) is -0.755. The van der Waals surface area contributed by atoms with Gasteiger partial charge in [-0.3, -0.25) is 0 Å². The van der Waals surface area contributed by atoms with Gasteiger partial charge in [0.05, 0.1) is 7.11 Å². The van der Waals surface area contributed by atoms with Crippen LogP contribution >= 0.6 is 0 Å². The van der Waals surface area contributed by atoms with Crippen molar-refractivity contribution in [2.45, 2.75) is 13.0 Å². The van der Waals surface area contributed by atoms with Crippen molar-refractivity contribution in [3.8, 4) is 5.75 Å². The molecular formula is C10H12F3NO. The van der Waals surface area contributed by atoms with Crippen molar-refractivity contribution in [1.29, 1.82) is 0 Å². The van der Waals surface area contributed by atoms with Gasteiger partial charge in [-0.2, -0.15) is 0 Å². The first kappa shape index (κ1) is 11.8. The minimum Gasteiger partial charge on any atom is -0.493 e. The second-order valence-corrected chi connectivity index (χ2v) is 3.03. The van der Waals surface area contributed by atoms with Gasteiger partial charge in [0.25, 0.3) is 6.43 Å². The predicted molar refractivity (Wildman–Crippen MR) is 50.7 cm³/mol. The summed E-state index contributed by atoms with van der Waals surface area (Å²) in [6.07, 6.45) is -2.68. The topological polar surface area (TPSA) is 21.3 Å². The van der Waals surface area contributed by atoms with E-state index in [1.807, 2.05) is 0 Å². The van der Waals surface area contributed by atoms with Crippen LogP contribution in [0, 0.1) is 5.82 Å². The Bertz CT molecular complexity index is 342. The van der Waals surface area contributed by atoms with E-state index in [2.05, 4.69) is 5.32 Å². The molecule has 0 fully saturated rings. The van der Waals surface area contributed by atoms with Crippen molar-refractivity contribution in [3.05, 3.63) is 29.1 Å². The lowest BCUT2D eigenvalue weighted by Gasteiger charge is -2.11. The normalized spacial score (nSPS) is 10.8. The third-order valence-corrected chi connectivity index (χ3v) is 1.97. The number of alkyl halides is 2. The Morgan fingerprint density at radius 1 is 1.40 bits per heavy atom. The molecular weight excluding hydrogens is 207 g/mol. The molecule has 5 heteroatoms. The van der Waals surface area contributed by atoms with Gasteiger partial charge in [-0.1, -0.05) is 0 Å². The van der Waals surface area contributed by atoms with E-state index in [1.165, 1.54) is 13.2 Å². The van der Waals surface area contributed by atoms with Crippen molar-refractivity contribution in [2.75, 3.05) is 14.2 Å². The predicted octanol–water partition coefficient (Wildman–Crippen LogP) is 2.49. The summed E-state index contributed by atoms with van der Waals surface area (Å²) < 4.78 is 42.9. The summed E-state index contributed by atoms with van der Waals surface area (Å²) in [6, 6.07) is 2.03. The minimum absolute atomic E-state index is 0.00810. The molecule has 0 spiro atoms. The Labute approximate surface area is 86.1 Å². The minimum atomic E-state index is -2.68. The van der Waals surface area contributed by atoms with E-state index in [9.17, 15) is 13.2 Å². The largest absolute Gasteiger partial charge is 0.493 e. The second kappa shape index (κ2) is 5.02. The summed E-state index contributed by atoms with van der Waals surface area (Å²) in [6.45, 7) is 0.278. The molecule has 0 radical (unpaired) electrons. The number of methoxy groups -OCH3 is 1. The van der Waals surface area contributed by atoms with E-state index in [0.717, 1.165) is 6.07 Å². The Morgan fingerprint density at radius 2 is 2.07 bits per heavy atom. The summed E-state index contributed by atoms with van der Waals surface area (Å²) >= 11 is 0. The molecule has 1 aromatic carbocycles. The van der Waals surface area contributed by atoms with E-state index in [-0.39, 0.29) is 17.9 Å². The van der Waals surface area contributed by atoms with Crippen LogP contribution < -0.4 is 10.1 Å². The highest BCUT2D eigenvalue weighted by Gasteiger charge is 2.15. The molecule has 0 unspecified atom stereocenters. The Hall–Kier alpha value is -1.23. The lowest BCUT2D eigenvalue weighted by atomic mass is 10.1. The Balaban J connectivity index is 3.19. The van der Waals surface area contributed by atoms with Crippen molar-refractivity contribution in [1.82, 2.24) is 5.32 Å². The fourth-order valence-corrected chi connectivity index (χ4v) is 1.35. The van der Waals surface area contributed by atoms with Crippen molar-refractivity contribution < 1.29 is 17.9 Å². The maximum absolute atomic E-state index is 13.3. The van der Waals surface area contributed by atoms with Gasteiger partial charge < -0.3 is 10.1 Å². The fourth-order valence-electron chi connectivity index (χ4n) is 1.35. The third-order valence-electron chi connectivity index (χ3n) is 1.97. The van der Waals surface area contributed by atoms with Gasteiger partial charge in [0, 0.05) is 17.7 Å². The molecule has 0 aliphatic carbocycles. The molecule has 0 saturated heterocycles. The average molecular weight is 219 g/mol. The summed E-state index contributed by atoms with van der Waals surface area (Å²) in [5, 5.41) is 2.76. The first-order chi connectivity index (χ1) is 7.10. The molecule has 0 atom stereocenters. The van der Waals surface area contributed by atoms with Gasteiger partial charge in [0.1, 0.15) is 0 Å². The first-order valence-electron chi connectivity index (χ1n) is 4.39. The van der Waals surface area contributed by atoms with Crippen LogP contribution in [0.25, 0.3) is 0 Å². The number of rotatable bonds is 4. The van der Waals surface area contributed by atoms with Gasteiger partial charge in [-0.05, 0) is 19.2 Å². The van der Waals surface area contributed by atoms with Crippen LogP contribution in [-0.2, 0) is 6.54 Å². The molecule has 0 bridgehead atoms. The van der Waals surface area contributed by atoms with Crippen LogP contribution in [0.1, 0.15) is 17.6 Å². The van der Waals surface area contributed by atoms with E-state index in [1.54, 1.807) is 7.05 Å². The zero-order chi connectivity index (χ0) is 11.4. The number of benzene rings is 1.